The summed E-state index contributed by atoms with van der Waals surface area (Å²) >= 11 is 1.66. The van der Waals surface area contributed by atoms with Crippen molar-refractivity contribution in [3.05, 3.63) is 48.2 Å². The molecule has 0 unspecified atom stereocenters. The molecule has 5 nitrogen and oxygen atoms in total. The first-order chi connectivity index (χ1) is 11.3. The molecule has 1 aromatic carbocycles. The maximum Gasteiger partial charge on any atom is 0.168 e. The first kappa shape index (κ1) is 14.5. The van der Waals surface area contributed by atoms with Crippen LogP contribution in [0, 0.1) is 6.92 Å². The van der Waals surface area contributed by atoms with Crippen LogP contribution in [0.1, 0.15) is 30.5 Å². The predicted octanol–water partition coefficient (Wildman–Crippen LogP) is 3.56. The number of nitrogens with zero attached hydrogens (tertiary/aromatic N) is 5. The van der Waals surface area contributed by atoms with E-state index in [0.29, 0.717) is 12.6 Å². The number of benzene rings is 1. The molecular formula is C17H19N5S. The Hall–Kier alpha value is -2.08. The van der Waals surface area contributed by atoms with Gasteiger partial charge in [0.1, 0.15) is 5.82 Å². The lowest BCUT2D eigenvalue weighted by molar-refractivity contribution is 0.603. The molecule has 118 valence electrons. The van der Waals surface area contributed by atoms with Crippen LogP contribution in [0.15, 0.2) is 41.7 Å². The second kappa shape index (κ2) is 5.85. The number of aryl methyl sites for hydroxylation is 1. The van der Waals surface area contributed by atoms with Crippen LogP contribution in [0.3, 0.4) is 0 Å². The third kappa shape index (κ3) is 2.79. The van der Waals surface area contributed by atoms with Crippen molar-refractivity contribution in [2.75, 3.05) is 6.26 Å². The van der Waals surface area contributed by atoms with Crippen LogP contribution in [-0.2, 0) is 6.54 Å². The van der Waals surface area contributed by atoms with Gasteiger partial charge in [-0.3, -0.25) is 0 Å². The quantitative estimate of drug-likeness (QED) is 0.673. The summed E-state index contributed by atoms with van der Waals surface area (Å²) in [4.78, 5) is 4.76. The summed E-state index contributed by atoms with van der Waals surface area (Å²) < 4.78 is 4.46. The van der Waals surface area contributed by atoms with Crippen LogP contribution in [0.5, 0.6) is 0 Å². The largest absolute Gasteiger partial charge is 0.318 e. The fourth-order valence-corrected chi connectivity index (χ4v) is 3.45. The van der Waals surface area contributed by atoms with Gasteiger partial charge in [0.15, 0.2) is 11.0 Å². The molecule has 6 heteroatoms. The van der Waals surface area contributed by atoms with Gasteiger partial charge in [0.25, 0.3) is 0 Å². The van der Waals surface area contributed by atoms with E-state index in [9.17, 15) is 0 Å². The summed E-state index contributed by atoms with van der Waals surface area (Å²) in [5.74, 6) is 2.04. The standard InChI is InChI=1S/C17H19N5S/c1-12-19-20-16(22(12)14-8-9-14)11-21-10-15(18-17(21)23-2)13-6-4-3-5-7-13/h3-7,10,14H,8-9,11H2,1-2H3. The molecule has 0 aliphatic heterocycles. The zero-order chi connectivity index (χ0) is 15.8. The number of imidazole rings is 1. The molecule has 1 aliphatic carbocycles. The lowest BCUT2D eigenvalue weighted by Crippen LogP contribution is -2.09. The topological polar surface area (TPSA) is 48.5 Å². The Morgan fingerprint density at radius 2 is 1.96 bits per heavy atom. The fraction of sp³-hybridized carbons (Fsp3) is 0.353. The van der Waals surface area contributed by atoms with Gasteiger partial charge in [0.2, 0.25) is 0 Å². The molecule has 1 fully saturated rings. The van der Waals surface area contributed by atoms with Gasteiger partial charge < -0.3 is 9.13 Å². The predicted molar refractivity (Wildman–Crippen MR) is 91.6 cm³/mol. The van der Waals surface area contributed by atoms with E-state index in [2.05, 4.69) is 43.9 Å². The van der Waals surface area contributed by atoms with Gasteiger partial charge in [-0.2, -0.15) is 0 Å². The van der Waals surface area contributed by atoms with Crippen LogP contribution in [0.2, 0.25) is 0 Å². The highest BCUT2D eigenvalue weighted by Gasteiger charge is 2.28. The van der Waals surface area contributed by atoms with Gasteiger partial charge in [0.05, 0.1) is 12.2 Å². The van der Waals surface area contributed by atoms with Gasteiger partial charge in [-0.25, -0.2) is 4.98 Å². The van der Waals surface area contributed by atoms with E-state index < -0.39 is 0 Å². The lowest BCUT2D eigenvalue weighted by Gasteiger charge is -2.08. The van der Waals surface area contributed by atoms with Crippen molar-refractivity contribution in [2.24, 2.45) is 0 Å². The molecule has 0 amide bonds. The molecule has 2 heterocycles. The maximum atomic E-state index is 4.76. The minimum atomic E-state index is 0.592. The van der Waals surface area contributed by atoms with E-state index in [4.69, 9.17) is 4.98 Å². The van der Waals surface area contributed by atoms with E-state index in [1.54, 1.807) is 11.8 Å². The Morgan fingerprint density at radius 3 is 2.65 bits per heavy atom. The second-order valence-electron chi connectivity index (χ2n) is 5.87. The molecular weight excluding hydrogens is 306 g/mol. The van der Waals surface area contributed by atoms with E-state index in [-0.39, 0.29) is 0 Å². The molecule has 1 saturated carbocycles. The molecule has 0 bridgehead atoms. The van der Waals surface area contributed by atoms with E-state index in [1.807, 2.05) is 25.1 Å². The van der Waals surface area contributed by atoms with E-state index in [1.165, 1.54) is 12.8 Å². The van der Waals surface area contributed by atoms with Gasteiger partial charge in [-0.15, -0.1) is 10.2 Å². The maximum absolute atomic E-state index is 4.76. The zero-order valence-corrected chi connectivity index (χ0v) is 14.1. The summed E-state index contributed by atoms with van der Waals surface area (Å²) in [7, 11) is 0. The van der Waals surface area contributed by atoms with E-state index in [0.717, 1.165) is 28.1 Å². The summed E-state index contributed by atoms with van der Waals surface area (Å²) in [6.07, 6.45) is 6.65. The second-order valence-corrected chi connectivity index (χ2v) is 6.64. The first-order valence-electron chi connectivity index (χ1n) is 7.83. The fourth-order valence-electron chi connectivity index (χ4n) is 2.90. The Balaban J connectivity index is 1.68. The van der Waals surface area contributed by atoms with Crippen molar-refractivity contribution >= 4 is 11.8 Å². The third-order valence-corrected chi connectivity index (χ3v) is 4.84. The summed E-state index contributed by atoms with van der Waals surface area (Å²) in [5.41, 5.74) is 2.14. The van der Waals surface area contributed by atoms with Crippen molar-refractivity contribution in [1.82, 2.24) is 24.3 Å². The molecule has 0 saturated heterocycles. The molecule has 0 N–H and O–H groups in total. The molecule has 0 spiro atoms. The van der Waals surface area contributed by atoms with Crippen molar-refractivity contribution < 1.29 is 0 Å². The Labute approximate surface area is 139 Å². The molecule has 0 atom stereocenters. The summed E-state index contributed by atoms with van der Waals surface area (Å²) in [6, 6.07) is 10.9. The van der Waals surface area contributed by atoms with Gasteiger partial charge in [0, 0.05) is 17.8 Å². The average Bonchev–Trinajstić information content (AvgIpc) is 3.23. The summed E-state index contributed by atoms with van der Waals surface area (Å²) in [5, 5.41) is 9.66. The van der Waals surface area contributed by atoms with E-state index >= 15 is 0 Å². The number of hydrogen-bond donors (Lipinski definition) is 0. The van der Waals surface area contributed by atoms with Crippen LogP contribution < -0.4 is 0 Å². The van der Waals surface area contributed by atoms with Gasteiger partial charge in [-0.05, 0) is 26.0 Å². The van der Waals surface area contributed by atoms with Crippen LogP contribution >= 0.6 is 11.8 Å². The Morgan fingerprint density at radius 1 is 1.17 bits per heavy atom. The number of hydrogen-bond acceptors (Lipinski definition) is 4. The molecule has 2 aromatic heterocycles. The number of aromatic nitrogens is 5. The average molecular weight is 325 g/mol. The molecule has 3 aromatic rings. The zero-order valence-electron chi connectivity index (χ0n) is 13.3. The van der Waals surface area contributed by atoms with Crippen LogP contribution in [0.4, 0.5) is 0 Å². The minimum Gasteiger partial charge on any atom is -0.318 e. The van der Waals surface area contributed by atoms with Crippen molar-refractivity contribution in [1.29, 1.82) is 0 Å². The smallest absolute Gasteiger partial charge is 0.168 e. The van der Waals surface area contributed by atoms with Crippen LogP contribution in [-0.4, -0.2) is 30.6 Å². The SMILES string of the molecule is CSc1nc(-c2ccccc2)cn1Cc1nnc(C)n1C1CC1. The number of rotatable bonds is 5. The Bertz CT molecular complexity index is 817. The summed E-state index contributed by atoms with van der Waals surface area (Å²) in [6.45, 7) is 2.75. The molecule has 4 rings (SSSR count). The van der Waals surface area contributed by atoms with Gasteiger partial charge >= 0.3 is 0 Å². The van der Waals surface area contributed by atoms with Crippen molar-refractivity contribution in [3.8, 4) is 11.3 Å². The minimum absolute atomic E-state index is 0.592. The highest BCUT2D eigenvalue weighted by molar-refractivity contribution is 7.98. The highest BCUT2D eigenvalue weighted by Crippen LogP contribution is 2.36. The normalized spacial score (nSPS) is 14.3. The molecule has 0 radical (unpaired) electrons. The van der Waals surface area contributed by atoms with Crippen molar-refractivity contribution in [2.45, 2.75) is 37.5 Å². The number of thioether (sulfide) groups is 1. The lowest BCUT2D eigenvalue weighted by atomic mass is 10.2. The molecule has 1 aliphatic rings. The molecule has 23 heavy (non-hydrogen) atoms. The Kier molecular flexibility index (Phi) is 3.69. The third-order valence-electron chi connectivity index (χ3n) is 4.15. The van der Waals surface area contributed by atoms with Crippen LogP contribution in [0.25, 0.3) is 11.3 Å². The first-order valence-corrected chi connectivity index (χ1v) is 9.05. The highest BCUT2D eigenvalue weighted by atomic mass is 32.2. The van der Waals surface area contributed by atoms with Gasteiger partial charge in [-0.1, -0.05) is 42.1 Å². The van der Waals surface area contributed by atoms with Crippen molar-refractivity contribution in [3.63, 3.8) is 0 Å². The monoisotopic (exact) mass is 325 g/mol.